The smallest absolute Gasteiger partial charge is 0.336 e. The number of ketones is 1. The van der Waals surface area contributed by atoms with Crippen molar-refractivity contribution in [2.75, 3.05) is 0 Å². The molecule has 0 spiro atoms. The molecule has 0 aromatic rings. The van der Waals surface area contributed by atoms with E-state index in [1.807, 2.05) is 0 Å². The summed E-state index contributed by atoms with van der Waals surface area (Å²) >= 11 is 0. The monoisotopic (exact) mass is 190 g/mol. The number of rotatable bonds is 1. The number of Topliss-reactive ketones (excluding diaryl/α,β-unsaturated/α-hetero) is 1. The number of hydrogen-bond acceptors (Lipinski definition) is 5. The molecule has 13 heavy (non-hydrogen) atoms. The Hall–Kier alpha value is -0.980. The summed E-state index contributed by atoms with van der Waals surface area (Å²) in [5.74, 6) is -2.42. The number of carbonyl (C=O) groups is 2. The highest BCUT2D eigenvalue weighted by Gasteiger charge is 2.48. The molecule has 74 valence electrons. The van der Waals surface area contributed by atoms with E-state index in [9.17, 15) is 14.7 Å². The number of aliphatic hydroxyl groups excluding tert-OH is 2. The van der Waals surface area contributed by atoms with E-state index in [1.165, 1.54) is 0 Å². The summed E-state index contributed by atoms with van der Waals surface area (Å²) in [6.07, 6.45) is -4.29. The Morgan fingerprint density at radius 3 is 2.38 bits per heavy atom. The molecule has 0 amide bonds. The van der Waals surface area contributed by atoms with Crippen molar-refractivity contribution < 1.29 is 30.0 Å². The minimum atomic E-state index is -2.24. The first-order valence-corrected chi connectivity index (χ1v) is 3.71. The SMILES string of the molecule is O=C1C[C@@](O)(C(=O)O)CC(O)[C@@H]1O. The van der Waals surface area contributed by atoms with E-state index < -0.39 is 42.4 Å². The fraction of sp³-hybridized carbons (Fsp3) is 0.714. The van der Waals surface area contributed by atoms with Gasteiger partial charge in [0, 0.05) is 12.8 Å². The summed E-state index contributed by atoms with van der Waals surface area (Å²) < 4.78 is 0. The lowest BCUT2D eigenvalue weighted by molar-refractivity contribution is -0.176. The van der Waals surface area contributed by atoms with Crippen LogP contribution in [0.5, 0.6) is 0 Å². The molecule has 1 saturated carbocycles. The number of carbonyl (C=O) groups excluding carboxylic acids is 1. The Kier molecular flexibility index (Phi) is 2.38. The molecular weight excluding hydrogens is 180 g/mol. The van der Waals surface area contributed by atoms with E-state index >= 15 is 0 Å². The Bertz CT molecular complexity index is 249. The Labute approximate surface area is 73.4 Å². The van der Waals surface area contributed by atoms with Crippen LogP contribution in [0.25, 0.3) is 0 Å². The van der Waals surface area contributed by atoms with Crippen LogP contribution >= 0.6 is 0 Å². The van der Waals surface area contributed by atoms with Crippen LogP contribution in [-0.2, 0) is 9.59 Å². The second kappa shape index (κ2) is 3.06. The molecule has 0 bridgehead atoms. The van der Waals surface area contributed by atoms with Gasteiger partial charge < -0.3 is 20.4 Å². The van der Waals surface area contributed by atoms with Crippen molar-refractivity contribution in [3.05, 3.63) is 0 Å². The molecule has 6 heteroatoms. The highest BCUT2D eigenvalue weighted by molar-refractivity contribution is 5.92. The molecule has 0 saturated heterocycles. The standard InChI is InChI=1S/C7H10O6/c8-3-1-7(13,6(11)12)2-4(9)5(3)10/h3,5,8,10,13H,1-2H2,(H,11,12)/t3?,5-,7+/m0/s1. The van der Waals surface area contributed by atoms with Crippen LogP contribution in [0.15, 0.2) is 0 Å². The molecule has 6 nitrogen and oxygen atoms in total. The molecule has 0 aromatic carbocycles. The molecule has 1 rings (SSSR count). The van der Waals surface area contributed by atoms with Gasteiger partial charge in [0.1, 0.15) is 6.10 Å². The van der Waals surface area contributed by atoms with Crippen molar-refractivity contribution >= 4 is 11.8 Å². The maximum atomic E-state index is 10.9. The predicted octanol–water partition coefficient (Wildman–Crippen LogP) is -2.11. The molecule has 1 aliphatic rings. The van der Waals surface area contributed by atoms with Gasteiger partial charge in [-0.05, 0) is 0 Å². The molecule has 0 heterocycles. The summed E-state index contributed by atoms with van der Waals surface area (Å²) in [6, 6.07) is 0. The molecule has 0 aliphatic heterocycles. The average molecular weight is 190 g/mol. The molecule has 3 atom stereocenters. The van der Waals surface area contributed by atoms with Gasteiger partial charge in [-0.15, -0.1) is 0 Å². The van der Waals surface area contributed by atoms with Crippen molar-refractivity contribution in [2.24, 2.45) is 0 Å². The molecule has 1 fully saturated rings. The number of carboxylic acid groups (broad SMARTS) is 1. The zero-order valence-electron chi connectivity index (χ0n) is 6.67. The topological polar surface area (TPSA) is 115 Å². The van der Waals surface area contributed by atoms with E-state index in [-0.39, 0.29) is 0 Å². The summed E-state index contributed by atoms with van der Waals surface area (Å²) in [4.78, 5) is 21.4. The minimum absolute atomic E-state index is 0.532. The van der Waals surface area contributed by atoms with Crippen LogP contribution < -0.4 is 0 Å². The highest BCUT2D eigenvalue weighted by atomic mass is 16.4. The molecule has 4 N–H and O–H groups in total. The fourth-order valence-electron chi connectivity index (χ4n) is 1.30. The maximum absolute atomic E-state index is 10.9. The quantitative estimate of drug-likeness (QED) is 0.376. The normalized spacial score (nSPS) is 40.4. The van der Waals surface area contributed by atoms with Crippen LogP contribution in [0.4, 0.5) is 0 Å². The lowest BCUT2D eigenvalue weighted by Crippen LogP contribution is -2.54. The first kappa shape index (κ1) is 10.1. The van der Waals surface area contributed by atoms with Crippen LogP contribution in [-0.4, -0.2) is 50.0 Å². The average Bonchev–Trinajstić information content (AvgIpc) is 2.00. The van der Waals surface area contributed by atoms with Crippen LogP contribution in [0, 0.1) is 0 Å². The first-order chi connectivity index (χ1) is 5.87. The van der Waals surface area contributed by atoms with Crippen molar-refractivity contribution in [2.45, 2.75) is 30.7 Å². The number of aliphatic carboxylic acids is 1. The third-order valence-electron chi connectivity index (χ3n) is 2.11. The highest BCUT2D eigenvalue weighted by Crippen LogP contribution is 2.26. The molecule has 0 aromatic heterocycles. The Morgan fingerprint density at radius 2 is 2.00 bits per heavy atom. The Balaban J connectivity index is 2.85. The van der Waals surface area contributed by atoms with E-state index in [0.29, 0.717) is 0 Å². The summed E-state index contributed by atoms with van der Waals surface area (Å²) in [5, 5.41) is 35.8. The summed E-state index contributed by atoms with van der Waals surface area (Å²) in [6.45, 7) is 0. The van der Waals surface area contributed by atoms with Gasteiger partial charge in [0.25, 0.3) is 0 Å². The molecule has 1 unspecified atom stereocenters. The zero-order chi connectivity index (χ0) is 10.2. The summed E-state index contributed by atoms with van der Waals surface area (Å²) in [5.41, 5.74) is -2.24. The van der Waals surface area contributed by atoms with Crippen molar-refractivity contribution in [3.8, 4) is 0 Å². The van der Waals surface area contributed by atoms with Crippen LogP contribution in [0.2, 0.25) is 0 Å². The predicted molar refractivity (Wildman–Crippen MR) is 38.8 cm³/mol. The van der Waals surface area contributed by atoms with E-state index in [2.05, 4.69) is 0 Å². The molecule has 0 radical (unpaired) electrons. The Morgan fingerprint density at radius 1 is 1.46 bits per heavy atom. The van der Waals surface area contributed by atoms with Gasteiger partial charge in [-0.3, -0.25) is 4.79 Å². The first-order valence-electron chi connectivity index (χ1n) is 3.71. The number of carboxylic acids is 1. The lowest BCUT2D eigenvalue weighted by atomic mass is 9.81. The van der Waals surface area contributed by atoms with Gasteiger partial charge in [0.05, 0.1) is 6.10 Å². The van der Waals surface area contributed by atoms with Gasteiger partial charge in [0.2, 0.25) is 0 Å². The lowest BCUT2D eigenvalue weighted by Gasteiger charge is -2.32. The maximum Gasteiger partial charge on any atom is 0.336 e. The molecule has 1 aliphatic carbocycles. The fourth-order valence-corrected chi connectivity index (χ4v) is 1.30. The van der Waals surface area contributed by atoms with Gasteiger partial charge in [0.15, 0.2) is 11.4 Å². The minimum Gasteiger partial charge on any atom is -0.479 e. The third kappa shape index (κ3) is 1.69. The summed E-state index contributed by atoms with van der Waals surface area (Å²) in [7, 11) is 0. The van der Waals surface area contributed by atoms with Gasteiger partial charge in [-0.1, -0.05) is 0 Å². The van der Waals surface area contributed by atoms with Gasteiger partial charge in [-0.25, -0.2) is 4.79 Å². The van der Waals surface area contributed by atoms with E-state index in [4.69, 9.17) is 15.3 Å². The van der Waals surface area contributed by atoms with E-state index in [0.717, 1.165) is 0 Å². The number of aliphatic hydroxyl groups is 3. The van der Waals surface area contributed by atoms with Gasteiger partial charge >= 0.3 is 5.97 Å². The second-order valence-corrected chi connectivity index (χ2v) is 3.20. The second-order valence-electron chi connectivity index (χ2n) is 3.20. The number of hydrogen-bond donors (Lipinski definition) is 4. The van der Waals surface area contributed by atoms with Crippen LogP contribution in [0.3, 0.4) is 0 Å². The van der Waals surface area contributed by atoms with Gasteiger partial charge in [-0.2, -0.15) is 0 Å². The largest absolute Gasteiger partial charge is 0.479 e. The van der Waals surface area contributed by atoms with Crippen molar-refractivity contribution in [3.63, 3.8) is 0 Å². The zero-order valence-corrected chi connectivity index (χ0v) is 6.67. The van der Waals surface area contributed by atoms with E-state index in [1.54, 1.807) is 0 Å². The van der Waals surface area contributed by atoms with Crippen molar-refractivity contribution in [1.82, 2.24) is 0 Å². The molecular formula is C7H10O6. The van der Waals surface area contributed by atoms with Crippen LogP contribution in [0.1, 0.15) is 12.8 Å². The third-order valence-corrected chi connectivity index (χ3v) is 2.11. The van der Waals surface area contributed by atoms with Crippen molar-refractivity contribution in [1.29, 1.82) is 0 Å².